The second-order valence-electron chi connectivity index (χ2n) is 4.48. The molecule has 0 radical (unpaired) electrons. The highest BCUT2D eigenvalue weighted by atomic mass is 32.1. The number of thiol groups is 1. The van der Waals surface area contributed by atoms with Gasteiger partial charge in [-0.15, -0.1) is 19.2 Å². The summed E-state index contributed by atoms with van der Waals surface area (Å²) in [5.41, 5.74) is 1.76. The molecule has 0 bridgehead atoms. The smallest absolute Gasteiger partial charge is 0.254 e. The van der Waals surface area contributed by atoms with Gasteiger partial charge in [0.25, 0.3) is 5.91 Å². The van der Waals surface area contributed by atoms with Crippen molar-refractivity contribution in [2.75, 3.05) is 6.54 Å². The van der Waals surface area contributed by atoms with E-state index >= 15 is 0 Å². The van der Waals surface area contributed by atoms with Gasteiger partial charge in [-0.05, 0) is 37.5 Å². The summed E-state index contributed by atoms with van der Waals surface area (Å²) in [6.45, 7) is 6.30. The fraction of sp³-hybridized carbons (Fsp3) is 0.357. The third-order valence-electron chi connectivity index (χ3n) is 3.03. The Hall–Kier alpha value is -1.22. The van der Waals surface area contributed by atoms with Gasteiger partial charge < -0.3 is 4.90 Å². The van der Waals surface area contributed by atoms with E-state index in [2.05, 4.69) is 19.2 Å². The summed E-state index contributed by atoms with van der Waals surface area (Å²) in [5, 5.41) is 0. The van der Waals surface area contributed by atoms with Crippen LogP contribution in [0.1, 0.15) is 28.8 Å². The van der Waals surface area contributed by atoms with Gasteiger partial charge in [0.2, 0.25) is 0 Å². The molecule has 17 heavy (non-hydrogen) atoms. The van der Waals surface area contributed by atoms with Crippen LogP contribution in [-0.4, -0.2) is 23.4 Å². The number of aryl methyl sites for hydroxylation is 1. The molecule has 0 unspecified atom stereocenters. The van der Waals surface area contributed by atoms with Crippen LogP contribution >= 0.6 is 12.6 Å². The predicted molar refractivity (Wildman–Crippen MR) is 72.7 cm³/mol. The summed E-state index contributed by atoms with van der Waals surface area (Å²) in [4.78, 5) is 15.2. The van der Waals surface area contributed by atoms with Crippen LogP contribution in [0.2, 0.25) is 0 Å². The molecule has 0 aromatic heterocycles. The number of carbonyl (C=O) groups excluding carboxylic acids is 1. The average Bonchev–Trinajstić information content (AvgIpc) is 3.12. The highest BCUT2D eigenvalue weighted by Gasteiger charge is 2.32. The molecule has 0 N–H and O–H groups in total. The Labute approximate surface area is 108 Å². The Kier molecular flexibility index (Phi) is 3.57. The zero-order valence-corrected chi connectivity index (χ0v) is 10.9. The second kappa shape index (κ2) is 4.96. The summed E-state index contributed by atoms with van der Waals surface area (Å²) in [5.74, 6) is 0.0980. The van der Waals surface area contributed by atoms with E-state index in [9.17, 15) is 4.79 Å². The first-order chi connectivity index (χ1) is 8.13. The summed E-state index contributed by atoms with van der Waals surface area (Å²) < 4.78 is 0. The highest BCUT2D eigenvalue weighted by molar-refractivity contribution is 7.80. The van der Waals surface area contributed by atoms with E-state index < -0.39 is 0 Å². The molecule has 90 valence electrons. The molecule has 0 aliphatic heterocycles. The second-order valence-corrected chi connectivity index (χ2v) is 4.99. The van der Waals surface area contributed by atoms with Gasteiger partial charge in [-0.3, -0.25) is 4.79 Å². The van der Waals surface area contributed by atoms with Gasteiger partial charge in [-0.2, -0.15) is 0 Å². The van der Waals surface area contributed by atoms with E-state index in [1.807, 2.05) is 30.0 Å². The number of hydrogen-bond donors (Lipinski definition) is 1. The Morgan fingerprint density at radius 3 is 2.88 bits per heavy atom. The standard InChI is InChI=1S/C14H17NOS/c1-3-8-15(11-5-6-11)14(16)13-9-12(17)7-4-10(13)2/h3-4,7,9,11,17H,1,5-6,8H2,2H3. The van der Waals surface area contributed by atoms with Crippen LogP contribution in [0.3, 0.4) is 0 Å². The minimum atomic E-state index is 0.0980. The largest absolute Gasteiger partial charge is 0.332 e. The Morgan fingerprint density at radius 1 is 1.59 bits per heavy atom. The van der Waals surface area contributed by atoms with Gasteiger partial charge in [0.15, 0.2) is 0 Å². The molecular formula is C14H17NOS. The monoisotopic (exact) mass is 247 g/mol. The average molecular weight is 247 g/mol. The van der Waals surface area contributed by atoms with Gasteiger partial charge in [0, 0.05) is 23.0 Å². The van der Waals surface area contributed by atoms with Crippen LogP contribution in [0.25, 0.3) is 0 Å². The van der Waals surface area contributed by atoms with Crippen LogP contribution in [-0.2, 0) is 0 Å². The lowest BCUT2D eigenvalue weighted by Gasteiger charge is -2.21. The molecule has 3 heteroatoms. The fourth-order valence-electron chi connectivity index (χ4n) is 1.92. The topological polar surface area (TPSA) is 20.3 Å². The molecule has 0 atom stereocenters. The van der Waals surface area contributed by atoms with Crippen molar-refractivity contribution in [3.63, 3.8) is 0 Å². The van der Waals surface area contributed by atoms with E-state index in [0.29, 0.717) is 12.6 Å². The van der Waals surface area contributed by atoms with E-state index in [0.717, 1.165) is 28.9 Å². The van der Waals surface area contributed by atoms with Crippen molar-refractivity contribution in [2.45, 2.75) is 30.7 Å². The molecule has 1 amide bonds. The Morgan fingerprint density at radius 2 is 2.29 bits per heavy atom. The van der Waals surface area contributed by atoms with Crippen molar-refractivity contribution in [2.24, 2.45) is 0 Å². The molecule has 1 aliphatic carbocycles. The van der Waals surface area contributed by atoms with Crippen LogP contribution in [0.5, 0.6) is 0 Å². The lowest BCUT2D eigenvalue weighted by atomic mass is 10.1. The normalized spacial score (nSPS) is 14.5. The van der Waals surface area contributed by atoms with E-state index in [1.165, 1.54) is 0 Å². The first kappa shape index (κ1) is 12.2. The third kappa shape index (κ3) is 2.72. The van der Waals surface area contributed by atoms with Crippen molar-refractivity contribution in [3.8, 4) is 0 Å². The quantitative estimate of drug-likeness (QED) is 0.640. The zero-order chi connectivity index (χ0) is 12.4. The van der Waals surface area contributed by atoms with Gasteiger partial charge in [-0.1, -0.05) is 12.1 Å². The first-order valence-corrected chi connectivity index (χ1v) is 6.29. The predicted octanol–water partition coefficient (Wildman–Crippen LogP) is 3.07. The molecule has 0 spiro atoms. The van der Waals surface area contributed by atoms with Crippen molar-refractivity contribution in [1.29, 1.82) is 0 Å². The van der Waals surface area contributed by atoms with Crippen LogP contribution in [0.4, 0.5) is 0 Å². The van der Waals surface area contributed by atoms with Crippen molar-refractivity contribution < 1.29 is 4.79 Å². The van der Waals surface area contributed by atoms with Crippen molar-refractivity contribution in [3.05, 3.63) is 42.0 Å². The van der Waals surface area contributed by atoms with Gasteiger partial charge >= 0.3 is 0 Å². The lowest BCUT2D eigenvalue weighted by molar-refractivity contribution is 0.0761. The third-order valence-corrected chi connectivity index (χ3v) is 3.30. The fourth-order valence-corrected chi connectivity index (χ4v) is 2.12. The molecular weight excluding hydrogens is 230 g/mol. The van der Waals surface area contributed by atoms with Gasteiger partial charge in [-0.25, -0.2) is 0 Å². The molecule has 1 aromatic rings. The number of carbonyl (C=O) groups is 1. The summed E-state index contributed by atoms with van der Waals surface area (Å²) in [6, 6.07) is 6.10. The highest BCUT2D eigenvalue weighted by Crippen LogP contribution is 2.29. The molecule has 1 aliphatic rings. The molecule has 1 saturated carbocycles. The number of hydrogen-bond acceptors (Lipinski definition) is 2. The molecule has 2 nitrogen and oxygen atoms in total. The summed E-state index contributed by atoms with van der Waals surface area (Å²) >= 11 is 4.29. The molecule has 2 rings (SSSR count). The van der Waals surface area contributed by atoms with E-state index in [-0.39, 0.29) is 5.91 Å². The maximum Gasteiger partial charge on any atom is 0.254 e. The van der Waals surface area contributed by atoms with Crippen molar-refractivity contribution >= 4 is 18.5 Å². The summed E-state index contributed by atoms with van der Waals surface area (Å²) in [6.07, 6.45) is 4.01. The minimum Gasteiger partial charge on any atom is -0.332 e. The van der Waals surface area contributed by atoms with Crippen LogP contribution in [0, 0.1) is 6.92 Å². The van der Waals surface area contributed by atoms with Crippen molar-refractivity contribution in [1.82, 2.24) is 4.90 Å². The minimum absolute atomic E-state index is 0.0980. The number of amides is 1. The molecule has 1 fully saturated rings. The van der Waals surface area contributed by atoms with Crippen LogP contribution in [0.15, 0.2) is 35.7 Å². The zero-order valence-electron chi connectivity index (χ0n) is 10.0. The molecule has 0 saturated heterocycles. The number of nitrogens with zero attached hydrogens (tertiary/aromatic N) is 1. The number of rotatable bonds is 4. The molecule has 1 aromatic carbocycles. The van der Waals surface area contributed by atoms with E-state index in [4.69, 9.17) is 0 Å². The first-order valence-electron chi connectivity index (χ1n) is 5.85. The molecule has 0 heterocycles. The number of benzene rings is 1. The SMILES string of the molecule is C=CCN(C(=O)c1cc(S)ccc1C)C1CC1. The Bertz CT molecular complexity index is 452. The lowest BCUT2D eigenvalue weighted by Crippen LogP contribution is -2.33. The summed E-state index contributed by atoms with van der Waals surface area (Å²) in [7, 11) is 0. The Balaban J connectivity index is 2.27. The maximum absolute atomic E-state index is 12.4. The van der Waals surface area contributed by atoms with Crippen LogP contribution < -0.4 is 0 Å². The van der Waals surface area contributed by atoms with E-state index in [1.54, 1.807) is 6.08 Å². The van der Waals surface area contributed by atoms with Gasteiger partial charge in [0.1, 0.15) is 0 Å². The van der Waals surface area contributed by atoms with Gasteiger partial charge in [0.05, 0.1) is 0 Å². The maximum atomic E-state index is 12.4.